The summed E-state index contributed by atoms with van der Waals surface area (Å²) in [6.07, 6.45) is 1.48. The first-order valence-electron chi connectivity index (χ1n) is 17.8. The van der Waals surface area contributed by atoms with Gasteiger partial charge in [-0.15, -0.1) is 0 Å². The molecule has 4 aromatic rings. The lowest BCUT2D eigenvalue weighted by Gasteiger charge is -2.16. The Kier molecular flexibility index (Phi) is 20.5. The first kappa shape index (κ1) is 54.1. The summed E-state index contributed by atoms with van der Waals surface area (Å²) in [6.45, 7) is 12.8. The van der Waals surface area contributed by atoms with E-state index >= 15 is 0 Å². The molecule has 4 aromatic heterocycles. The molecule has 0 saturated carbocycles. The van der Waals surface area contributed by atoms with Crippen molar-refractivity contribution in [2.75, 3.05) is 0 Å². The van der Waals surface area contributed by atoms with Gasteiger partial charge in [-0.25, -0.2) is 54.2 Å². The van der Waals surface area contributed by atoms with Crippen LogP contribution in [-0.4, -0.2) is 95.0 Å². The summed E-state index contributed by atoms with van der Waals surface area (Å²) < 4.78 is 88.0. The number of aromatic nitrogens is 4. The third-order valence-corrected chi connectivity index (χ3v) is 14.0. The minimum absolute atomic E-state index is 0.308. The summed E-state index contributed by atoms with van der Waals surface area (Å²) in [5.41, 5.74) is 4.99. The lowest BCUT2D eigenvalue weighted by molar-refractivity contribution is 0.171. The highest BCUT2D eigenvalue weighted by atomic mass is 32.2. The van der Waals surface area contributed by atoms with E-state index in [1.54, 1.807) is 73.3 Å². The van der Waals surface area contributed by atoms with Crippen LogP contribution in [0.4, 0.5) is 0 Å². The Labute approximate surface area is 352 Å². The second kappa shape index (κ2) is 22.8. The number of nitrogens with two attached hydrogens (primary N) is 4. The van der Waals surface area contributed by atoms with Gasteiger partial charge in [-0.05, 0) is 102 Å². The SMILES string of the molecule is Cc1ccc([C@@H](O)[C@@H](C)S(N)(=O)=O)nc1.Cc1ccc([C@@H](O)[C@H](C)S(N)(=O)=O)nc1.Cc1ccc([C@H](O)[C@@H](C)S(N)(=O)=O)nc1.Cc1ccc([C@H](O)[C@H](C)S(N)(=O)=O)nc1. The molecule has 0 aliphatic rings. The predicted octanol–water partition coefficient (Wildman–Crippen LogP) is 0.402. The van der Waals surface area contributed by atoms with E-state index in [9.17, 15) is 54.1 Å². The fourth-order valence-corrected chi connectivity index (χ4v) is 6.29. The molecule has 12 N–H and O–H groups in total. The Balaban J connectivity index is 0.000000400. The molecule has 0 aliphatic carbocycles. The highest BCUT2D eigenvalue weighted by molar-refractivity contribution is 7.90. The minimum atomic E-state index is -3.75. The second-order valence-electron chi connectivity index (χ2n) is 14.0. The third-order valence-electron chi connectivity index (χ3n) is 8.80. The van der Waals surface area contributed by atoms with Crippen molar-refractivity contribution in [2.45, 2.75) is 101 Å². The fourth-order valence-electron chi connectivity index (χ4n) is 4.30. The molecule has 0 spiro atoms. The van der Waals surface area contributed by atoms with Gasteiger partial charge in [0.05, 0.1) is 22.8 Å². The van der Waals surface area contributed by atoms with Gasteiger partial charge in [-0.3, -0.25) is 19.9 Å². The van der Waals surface area contributed by atoms with Gasteiger partial charge < -0.3 is 20.4 Å². The molecule has 24 heteroatoms. The van der Waals surface area contributed by atoms with Crippen LogP contribution in [-0.2, 0) is 40.1 Å². The molecule has 0 bridgehead atoms. The topological polar surface area (TPSA) is 373 Å². The molecule has 336 valence electrons. The van der Waals surface area contributed by atoms with Crippen molar-refractivity contribution in [3.8, 4) is 0 Å². The maximum Gasteiger partial charge on any atom is 0.214 e. The van der Waals surface area contributed by atoms with Crippen molar-refractivity contribution in [1.29, 1.82) is 0 Å². The van der Waals surface area contributed by atoms with Crippen molar-refractivity contribution >= 4 is 40.1 Å². The molecule has 0 amide bonds. The van der Waals surface area contributed by atoms with Crippen molar-refractivity contribution in [3.05, 3.63) is 118 Å². The molecule has 8 atom stereocenters. The number of primary sulfonamides is 4. The number of aliphatic hydroxyl groups excluding tert-OH is 4. The number of rotatable bonds is 12. The van der Waals surface area contributed by atoms with Crippen LogP contribution in [0, 0.1) is 27.7 Å². The summed E-state index contributed by atoms with van der Waals surface area (Å²) in [5, 5.41) is 54.3. The molecule has 4 rings (SSSR count). The molecular weight excluding hydrogens is 865 g/mol. The molecule has 0 saturated heterocycles. The zero-order chi connectivity index (χ0) is 46.6. The highest BCUT2D eigenvalue weighted by Gasteiger charge is 2.29. The smallest absolute Gasteiger partial charge is 0.214 e. The largest absolute Gasteiger partial charge is 0.385 e. The molecule has 20 nitrogen and oxygen atoms in total. The molecular formula is C36H56N8O12S4. The zero-order valence-electron chi connectivity index (χ0n) is 34.3. The molecule has 0 radical (unpaired) electrons. The van der Waals surface area contributed by atoms with Gasteiger partial charge >= 0.3 is 0 Å². The van der Waals surface area contributed by atoms with E-state index in [4.69, 9.17) is 20.6 Å². The molecule has 0 fully saturated rings. The number of hydrogen-bond donors (Lipinski definition) is 8. The van der Waals surface area contributed by atoms with Crippen LogP contribution < -0.4 is 20.6 Å². The molecule has 0 unspecified atom stereocenters. The van der Waals surface area contributed by atoms with Gasteiger partial charge in [0.2, 0.25) is 40.1 Å². The second-order valence-corrected chi connectivity index (χ2v) is 21.7. The summed E-state index contributed by atoms with van der Waals surface area (Å²) in [7, 11) is -15.0. The van der Waals surface area contributed by atoms with Crippen LogP contribution in [0.3, 0.4) is 0 Å². The van der Waals surface area contributed by atoms with Gasteiger partial charge in [0.15, 0.2) is 0 Å². The van der Waals surface area contributed by atoms with E-state index in [1.807, 2.05) is 27.7 Å². The predicted molar refractivity (Wildman–Crippen MR) is 226 cm³/mol. The quantitative estimate of drug-likeness (QED) is 0.0953. The monoisotopic (exact) mass is 920 g/mol. The Morgan fingerprint density at radius 3 is 0.617 bits per heavy atom. The van der Waals surface area contributed by atoms with Crippen molar-refractivity contribution in [3.63, 3.8) is 0 Å². The van der Waals surface area contributed by atoms with E-state index in [0.717, 1.165) is 22.3 Å². The van der Waals surface area contributed by atoms with E-state index in [0.29, 0.717) is 22.8 Å². The highest BCUT2D eigenvalue weighted by Crippen LogP contribution is 2.21. The average molecular weight is 921 g/mol. The Bertz CT molecular complexity index is 2050. The van der Waals surface area contributed by atoms with E-state index < -0.39 is 85.5 Å². The Morgan fingerprint density at radius 1 is 0.367 bits per heavy atom. The Hall–Kier alpha value is -3.92. The number of pyridine rings is 4. The lowest BCUT2D eigenvalue weighted by Crippen LogP contribution is -2.31. The van der Waals surface area contributed by atoms with Crippen molar-refractivity contribution in [2.24, 2.45) is 20.6 Å². The number of aryl methyl sites for hydroxylation is 4. The minimum Gasteiger partial charge on any atom is -0.385 e. The summed E-state index contributed by atoms with van der Waals surface area (Å²) in [4.78, 5) is 15.8. The van der Waals surface area contributed by atoms with E-state index in [2.05, 4.69) is 19.9 Å². The zero-order valence-corrected chi connectivity index (χ0v) is 37.6. The van der Waals surface area contributed by atoms with Crippen LogP contribution >= 0.6 is 0 Å². The first-order chi connectivity index (χ1) is 27.3. The normalized spacial score (nSPS) is 16.0. The lowest BCUT2D eigenvalue weighted by atomic mass is 10.1. The average Bonchev–Trinajstić information content (AvgIpc) is 3.16. The fraction of sp³-hybridized carbons (Fsp3) is 0.444. The number of nitrogens with zero attached hydrogens (tertiary/aromatic N) is 4. The van der Waals surface area contributed by atoms with Crippen LogP contribution in [0.25, 0.3) is 0 Å². The van der Waals surface area contributed by atoms with Crippen LogP contribution in [0.5, 0.6) is 0 Å². The summed E-state index contributed by atoms with van der Waals surface area (Å²) in [6, 6.07) is 13.3. The third kappa shape index (κ3) is 18.0. The van der Waals surface area contributed by atoms with Crippen molar-refractivity contribution < 1.29 is 54.1 Å². The van der Waals surface area contributed by atoms with E-state index in [1.165, 1.54) is 27.7 Å². The van der Waals surface area contributed by atoms with Crippen LogP contribution in [0.15, 0.2) is 73.3 Å². The van der Waals surface area contributed by atoms with Crippen LogP contribution in [0.2, 0.25) is 0 Å². The maximum absolute atomic E-state index is 11.0. The maximum atomic E-state index is 11.0. The number of hydrogen-bond acceptors (Lipinski definition) is 16. The number of aliphatic hydroxyl groups is 4. The van der Waals surface area contributed by atoms with Gasteiger partial charge in [0, 0.05) is 24.8 Å². The Morgan fingerprint density at radius 2 is 0.517 bits per heavy atom. The molecule has 0 aliphatic heterocycles. The summed E-state index contributed by atoms with van der Waals surface area (Å²) >= 11 is 0. The van der Waals surface area contributed by atoms with Gasteiger partial charge in [0.1, 0.15) is 45.4 Å². The van der Waals surface area contributed by atoms with Crippen LogP contribution in [0.1, 0.15) is 97.1 Å². The molecule has 0 aromatic carbocycles. The first-order valence-corrected chi connectivity index (χ1v) is 24.2. The van der Waals surface area contributed by atoms with Gasteiger partial charge in [0.25, 0.3) is 0 Å². The van der Waals surface area contributed by atoms with Gasteiger partial charge in [-0.1, -0.05) is 24.3 Å². The van der Waals surface area contributed by atoms with E-state index in [-0.39, 0.29) is 0 Å². The van der Waals surface area contributed by atoms with Gasteiger partial charge in [-0.2, -0.15) is 0 Å². The van der Waals surface area contributed by atoms with Crippen molar-refractivity contribution in [1.82, 2.24) is 19.9 Å². The molecule has 60 heavy (non-hydrogen) atoms. The summed E-state index contributed by atoms with van der Waals surface area (Å²) in [5.74, 6) is 0. The molecule has 4 heterocycles. The number of sulfonamides is 4. The standard InChI is InChI=1S/4C9H14N2O3S/c4*1-6-3-4-8(11-5-6)9(12)7(2)15(10,13)14/h4*3-5,7,9,12H,1-2H3,(H2,10,13,14)/t2*7-,9+;2*7-,9-/m1010/s1.